The predicted octanol–water partition coefficient (Wildman–Crippen LogP) is 6.29. The average molecular weight is 363 g/mol. The molecule has 0 fully saturated rings. The first-order valence-electron chi connectivity index (χ1n) is 5.78. The van der Waals surface area contributed by atoms with E-state index in [1.807, 2.05) is 0 Å². The molecule has 0 bridgehead atoms. The molecule has 0 radical (unpaired) electrons. The third kappa shape index (κ3) is 3.50. The summed E-state index contributed by atoms with van der Waals surface area (Å²) in [5.74, 6) is 0. The van der Waals surface area contributed by atoms with Crippen LogP contribution in [0.15, 0.2) is 59.1 Å². The molecular formula is C15H8BrF5. The SMILES string of the molecule is FC(F)=C(c1ccc(-c2ccccc2Br)cc1)C(F)(F)F. The molecule has 0 atom stereocenters. The molecule has 2 rings (SSSR count). The maximum absolute atomic E-state index is 12.6. The van der Waals surface area contributed by atoms with E-state index < -0.39 is 23.4 Å². The third-order valence-electron chi connectivity index (χ3n) is 2.83. The number of hydrogen-bond donors (Lipinski definition) is 0. The number of benzene rings is 2. The third-order valence-corrected chi connectivity index (χ3v) is 3.52. The molecule has 0 aliphatic heterocycles. The zero-order valence-electron chi connectivity index (χ0n) is 10.4. The van der Waals surface area contributed by atoms with Crippen LogP contribution in [0.5, 0.6) is 0 Å². The number of hydrogen-bond acceptors (Lipinski definition) is 0. The molecule has 0 N–H and O–H groups in total. The highest BCUT2D eigenvalue weighted by atomic mass is 79.9. The van der Waals surface area contributed by atoms with E-state index in [0.29, 0.717) is 5.56 Å². The normalized spacial score (nSPS) is 11.3. The van der Waals surface area contributed by atoms with Gasteiger partial charge in [0.2, 0.25) is 0 Å². The Labute approximate surface area is 126 Å². The molecule has 0 saturated heterocycles. The Balaban J connectivity index is 2.45. The van der Waals surface area contributed by atoms with Crippen molar-refractivity contribution in [3.8, 4) is 11.1 Å². The zero-order chi connectivity index (χ0) is 15.6. The van der Waals surface area contributed by atoms with Crippen molar-refractivity contribution in [2.75, 3.05) is 0 Å². The minimum Gasteiger partial charge on any atom is -0.173 e. The molecule has 0 aliphatic carbocycles. The van der Waals surface area contributed by atoms with E-state index in [1.165, 1.54) is 12.1 Å². The van der Waals surface area contributed by atoms with E-state index in [4.69, 9.17) is 0 Å². The molecule has 0 amide bonds. The Bertz CT molecular complexity index is 667. The van der Waals surface area contributed by atoms with Crippen LogP contribution in [0.1, 0.15) is 5.56 Å². The van der Waals surface area contributed by atoms with E-state index in [0.717, 1.165) is 22.2 Å². The molecule has 6 heteroatoms. The second kappa shape index (κ2) is 5.97. The first-order valence-corrected chi connectivity index (χ1v) is 6.58. The maximum Gasteiger partial charge on any atom is 0.422 e. The van der Waals surface area contributed by atoms with Gasteiger partial charge in [0.05, 0.1) is 0 Å². The lowest BCUT2D eigenvalue weighted by molar-refractivity contribution is -0.0711. The fraction of sp³-hybridized carbons (Fsp3) is 0.0667. The zero-order valence-corrected chi connectivity index (χ0v) is 12.0. The highest BCUT2D eigenvalue weighted by Gasteiger charge is 2.38. The highest BCUT2D eigenvalue weighted by molar-refractivity contribution is 9.10. The Morgan fingerprint density at radius 2 is 1.43 bits per heavy atom. The molecule has 0 aliphatic rings. The number of alkyl halides is 3. The first kappa shape index (κ1) is 15.7. The van der Waals surface area contributed by atoms with Gasteiger partial charge in [-0.05, 0) is 22.8 Å². The smallest absolute Gasteiger partial charge is 0.173 e. The Hall–Kier alpha value is -1.69. The van der Waals surface area contributed by atoms with Crippen LogP contribution in [-0.2, 0) is 0 Å². The van der Waals surface area contributed by atoms with Gasteiger partial charge in [0.25, 0.3) is 6.08 Å². The second-order valence-electron chi connectivity index (χ2n) is 4.19. The van der Waals surface area contributed by atoms with Crippen molar-refractivity contribution in [2.24, 2.45) is 0 Å². The van der Waals surface area contributed by atoms with Crippen LogP contribution in [-0.4, -0.2) is 6.18 Å². The van der Waals surface area contributed by atoms with E-state index >= 15 is 0 Å². The van der Waals surface area contributed by atoms with Crippen molar-refractivity contribution in [3.05, 3.63) is 64.6 Å². The molecule has 2 aromatic rings. The van der Waals surface area contributed by atoms with Crippen LogP contribution in [0.4, 0.5) is 22.0 Å². The molecular weight excluding hydrogens is 355 g/mol. The summed E-state index contributed by atoms with van der Waals surface area (Å²) < 4.78 is 63.6. The van der Waals surface area contributed by atoms with Gasteiger partial charge in [-0.2, -0.15) is 22.0 Å². The van der Waals surface area contributed by atoms with Crippen LogP contribution in [0.3, 0.4) is 0 Å². The molecule has 0 unspecified atom stereocenters. The van der Waals surface area contributed by atoms with Gasteiger partial charge >= 0.3 is 6.18 Å². The summed E-state index contributed by atoms with van der Waals surface area (Å²) in [6, 6.07) is 12.0. The Kier molecular flexibility index (Phi) is 4.46. The molecule has 110 valence electrons. The molecule has 2 aromatic carbocycles. The summed E-state index contributed by atoms with van der Waals surface area (Å²) in [6.07, 6.45) is -7.83. The summed E-state index contributed by atoms with van der Waals surface area (Å²) in [4.78, 5) is 0. The predicted molar refractivity (Wildman–Crippen MR) is 74.8 cm³/mol. The number of allylic oxidation sites excluding steroid dienone is 1. The Morgan fingerprint density at radius 3 is 1.90 bits per heavy atom. The van der Waals surface area contributed by atoms with Crippen molar-refractivity contribution >= 4 is 21.5 Å². The van der Waals surface area contributed by atoms with Gasteiger partial charge in [0, 0.05) is 4.47 Å². The molecule has 0 aromatic heterocycles. The molecule has 0 spiro atoms. The monoisotopic (exact) mass is 362 g/mol. The fourth-order valence-corrected chi connectivity index (χ4v) is 2.41. The van der Waals surface area contributed by atoms with Crippen molar-refractivity contribution in [3.63, 3.8) is 0 Å². The van der Waals surface area contributed by atoms with Crippen LogP contribution in [0.25, 0.3) is 16.7 Å². The van der Waals surface area contributed by atoms with Crippen molar-refractivity contribution < 1.29 is 22.0 Å². The lowest BCUT2D eigenvalue weighted by Crippen LogP contribution is -2.11. The lowest BCUT2D eigenvalue weighted by atomic mass is 10.0. The quantitative estimate of drug-likeness (QED) is 0.551. The number of halogens is 6. The van der Waals surface area contributed by atoms with Gasteiger partial charge in [0.1, 0.15) is 5.57 Å². The van der Waals surface area contributed by atoms with Gasteiger partial charge in [-0.15, -0.1) is 0 Å². The van der Waals surface area contributed by atoms with Gasteiger partial charge in [-0.3, -0.25) is 0 Å². The van der Waals surface area contributed by atoms with E-state index in [9.17, 15) is 22.0 Å². The fourth-order valence-electron chi connectivity index (χ4n) is 1.89. The highest BCUT2D eigenvalue weighted by Crippen LogP contribution is 2.38. The van der Waals surface area contributed by atoms with Gasteiger partial charge < -0.3 is 0 Å². The molecule has 0 nitrogen and oxygen atoms in total. The van der Waals surface area contributed by atoms with Crippen molar-refractivity contribution in [2.45, 2.75) is 6.18 Å². The first-order chi connectivity index (χ1) is 9.80. The van der Waals surface area contributed by atoms with Crippen LogP contribution in [0.2, 0.25) is 0 Å². The molecule has 0 heterocycles. The van der Waals surface area contributed by atoms with Crippen LogP contribution >= 0.6 is 15.9 Å². The summed E-state index contributed by atoms with van der Waals surface area (Å²) in [5.41, 5.74) is -1.06. The minimum atomic E-state index is -5.09. The van der Waals surface area contributed by atoms with E-state index in [2.05, 4.69) is 15.9 Å². The average Bonchev–Trinajstić information content (AvgIpc) is 2.38. The topological polar surface area (TPSA) is 0 Å². The van der Waals surface area contributed by atoms with Crippen LogP contribution < -0.4 is 0 Å². The minimum absolute atomic E-state index is 0.557. The van der Waals surface area contributed by atoms with Crippen molar-refractivity contribution in [1.29, 1.82) is 0 Å². The van der Waals surface area contributed by atoms with Crippen LogP contribution in [0, 0.1) is 0 Å². The molecule has 21 heavy (non-hydrogen) atoms. The maximum atomic E-state index is 12.6. The van der Waals surface area contributed by atoms with E-state index in [1.54, 1.807) is 24.3 Å². The lowest BCUT2D eigenvalue weighted by Gasteiger charge is -2.11. The summed E-state index contributed by atoms with van der Waals surface area (Å²) in [7, 11) is 0. The van der Waals surface area contributed by atoms with Gasteiger partial charge in [-0.1, -0.05) is 58.4 Å². The molecule has 0 saturated carbocycles. The van der Waals surface area contributed by atoms with Gasteiger partial charge in [-0.25, -0.2) is 0 Å². The summed E-state index contributed by atoms with van der Waals surface area (Å²) >= 11 is 3.33. The standard InChI is InChI=1S/C15H8BrF5/c16-12-4-2-1-3-11(12)9-5-7-10(8-6-9)13(14(17)18)15(19,20)21/h1-8H. The van der Waals surface area contributed by atoms with Crippen molar-refractivity contribution in [1.82, 2.24) is 0 Å². The second-order valence-corrected chi connectivity index (χ2v) is 5.04. The largest absolute Gasteiger partial charge is 0.422 e. The Morgan fingerprint density at radius 1 is 0.857 bits per heavy atom. The van der Waals surface area contributed by atoms with E-state index in [-0.39, 0.29) is 0 Å². The summed E-state index contributed by atoms with van der Waals surface area (Å²) in [5, 5.41) is 0. The summed E-state index contributed by atoms with van der Waals surface area (Å²) in [6.45, 7) is 0. The number of rotatable bonds is 2. The van der Waals surface area contributed by atoms with Gasteiger partial charge in [0.15, 0.2) is 0 Å².